The molecule has 1 saturated heterocycles. The van der Waals surface area contributed by atoms with Gasteiger partial charge in [0.05, 0.1) is 11.6 Å². The number of likely N-dealkylation sites (tertiary alicyclic amines) is 1. The van der Waals surface area contributed by atoms with Crippen molar-refractivity contribution in [2.24, 2.45) is 0 Å². The van der Waals surface area contributed by atoms with Crippen LogP contribution in [0.15, 0.2) is 78.4 Å². The third-order valence-corrected chi connectivity index (χ3v) is 6.61. The van der Waals surface area contributed by atoms with Crippen LogP contribution in [0.4, 0.5) is 0 Å². The van der Waals surface area contributed by atoms with Crippen molar-refractivity contribution in [2.75, 3.05) is 20.3 Å². The van der Waals surface area contributed by atoms with Crippen LogP contribution in [0.25, 0.3) is 5.76 Å². The highest BCUT2D eigenvalue weighted by molar-refractivity contribution is 6.46. The highest BCUT2D eigenvalue weighted by Gasteiger charge is 2.45. The van der Waals surface area contributed by atoms with Gasteiger partial charge in [0, 0.05) is 25.8 Å². The molecular formula is C31H33NO5. The van der Waals surface area contributed by atoms with Crippen molar-refractivity contribution in [3.63, 3.8) is 0 Å². The number of ketones is 1. The van der Waals surface area contributed by atoms with E-state index in [0.29, 0.717) is 37.5 Å². The number of carbonyl (C=O) groups excluding carboxylic acids is 2. The fourth-order valence-corrected chi connectivity index (χ4v) is 4.61. The Hall–Kier alpha value is -3.90. The molecule has 1 amide bonds. The molecule has 1 N–H and O–H groups in total. The Balaban J connectivity index is 1.63. The lowest BCUT2D eigenvalue weighted by atomic mass is 9.94. The van der Waals surface area contributed by atoms with Crippen LogP contribution in [0.5, 0.6) is 5.75 Å². The first-order chi connectivity index (χ1) is 17.9. The van der Waals surface area contributed by atoms with Crippen LogP contribution in [0.1, 0.15) is 47.2 Å². The fraction of sp³-hybridized carbons (Fsp3) is 0.290. The van der Waals surface area contributed by atoms with Crippen LogP contribution in [0.2, 0.25) is 0 Å². The second-order valence-electron chi connectivity index (χ2n) is 9.24. The van der Waals surface area contributed by atoms with E-state index >= 15 is 0 Å². The Kier molecular flexibility index (Phi) is 8.41. The molecule has 1 aliphatic heterocycles. The van der Waals surface area contributed by atoms with Crippen LogP contribution in [0.3, 0.4) is 0 Å². The van der Waals surface area contributed by atoms with E-state index in [0.717, 1.165) is 23.1 Å². The van der Waals surface area contributed by atoms with Crippen molar-refractivity contribution in [2.45, 2.75) is 39.3 Å². The van der Waals surface area contributed by atoms with E-state index in [1.54, 1.807) is 31.4 Å². The quantitative estimate of drug-likeness (QED) is 0.170. The molecule has 1 heterocycles. The topological polar surface area (TPSA) is 76.1 Å². The lowest BCUT2D eigenvalue weighted by Crippen LogP contribution is -2.31. The third kappa shape index (κ3) is 5.92. The summed E-state index contributed by atoms with van der Waals surface area (Å²) in [6, 6.07) is 22.2. The first-order valence-corrected chi connectivity index (χ1v) is 12.6. The van der Waals surface area contributed by atoms with Gasteiger partial charge < -0.3 is 19.5 Å². The highest BCUT2D eigenvalue weighted by Crippen LogP contribution is 2.39. The summed E-state index contributed by atoms with van der Waals surface area (Å²) in [5, 5.41) is 11.3. The summed E-state index contributed by atoms with van der Waals surface area (Å²) >= 11 is 0. The molecule has 0 unspecified atom stereocenters. The van der Waals surface area contributed by atoms with Gasteiger partial charge in [0.2, 0.25) is 0 Å². The lowest BCUT2D eigenvalue weighted by Gasteiger charge is -2.25. The molecule has 37 heavy (non-hydrogen) atoms. The van der Waals surface area contributed by atoms with Gasteiger partial charge in [-0.05, 0) is 60.7 Å². The summed E-state index contributed by atoms with van der Waals surface area (Å²) in [5.74, 6) is -0.841. The van der Waals surface area contributed by atoms with E-state index in [-0.39, 0.29) is 11.3 Å². The number of ether oxygens (including phenoxy) is 2. The Morgan fingerprint density at radius 1 is 0.973 bits per heavy atom. The minimum absolute atomic E-state index is 0.0973. The Morgan fingerprint density at radius 2 is 1.70 bits per heavy atom. The van der Waals surface area contributed by atoms with Gasteiger partial charge in [-0.2, -0.15) is 0 Å². The fourth-order valence-electron chi connectivity index (χ4n) is 4.61. The highest BCUT2D eigenvalue weighted by atomic mass is 16.5. The average Bonchev–Trinajstić information content (AvgIpc) is 3.17. The number of aliphatic hydroxyl groups excluding tert-OH is 1. The Labute approximate surface area is 218 Å². The smallest absolute Gasteiger partial charge is 0.295 e. The number of hydrogen-bond acceptors (Lipinski definition) is 5. The van der Waals surface area contributed by atoms with E-state index in [4.69, 9.17) is 9.47 Å². The van der Waals surface area contributed by atoms with E-state index in [1.807, 2.05) is 49.4 Å². The number of hydrogen-bond donors (Lipinski definition) is 1. The molecule has 4 rings (SSSR count). The number of carbonyl (C=O) groups is 2. The van der Waals surface area contributed by atoms with E-state index < -0.39 is 17.7 Å². The van der Waals surface area contributed by atoms with Gasteiger partial charge in [-0.25, -0.2) is 0 Å². The van der Waals surface area contributed by atoms with Crippen LogP contribution in [-0.4, -0.2) is 42.0 Å². The monoisotopic (exact) mass is 499 g/mol. The number of rotatable bonds is 10. The van der Waals surface area contributed by atoms with Gasteiger partial charge >= 0.3 is 0 Å². The molecule has 1 fully saturated rings. The molecule has 0 aliphatic carbocycles. The standard InChI is InChI=1S/C31H33NO5/c1-4-22-9-11-24(12-10-22)28-27(30(34)31(35)32(28)17-6-18-36-3)29(33)25-13-15-26(16-14-25)37-20-23-8-5-7-21(2)19-23/h5,7-16,19,28,33H,4,6,17-18,20H2,1-3H3/t28-/m1/s1. The first-order valence-electron chi connectivity index (χ1n) is 12.6. The number of Topliss-reactive ketones (excluding diaryl/α,β-unsaturated/α-hetero) is 1. The van der Waals surface area contributed by atoms with Crippen molar-refractivity contribution in [3.8, 4) is 5.75 Å². The van der Waals surface area contributed by atoms with Crippen LogP contribution >= 0.6 is 0 Å². The predicted octanol–water partition coefficient (Wildman–Crippen LogP) is 5.59. The van der Waals surface area contributed by atoms with Crippen molar-refractivity contribution in [3.05, 3.63) is 106 Å². The summed E-state index contributed by atoms with van der Waals surface area (Å²) in [5.41, 5.74) is 4.72. The minimum Gasteiger partial charge on any atom is -0.507 e. The normalized spacial score (nSPS) is 16.8. The number of nitrogens with zero attached hydrogens (tertiary/aromatic N) is 1. The first kappa shape index (κ1) is 26.2. The van der Waals surface area contributed by atoms with Gasteiger partial charge in [0.1, 0.15) is 18.1 Å². The van der Waals surface area contributed by atoms with Gasteiger partial charge in [-0.3, -0.25) is 9.59 Å². The van der Waals surface area contributed by atoms with Crippen molar-refractivity contribution < 1.29 is 24.2 Å². The molecule has 0 radical (unpaired) electrons. The number of benzene rings is 3. The Bertz CT molecular complexity index is 1280. The van der Waals surface area contributed by atoms with E-state index in [9.17, 15) is 14.7 Å². The second kappa shape index (κ2) is 11.9. The second-order valence-corrected chi connectivity index (χ2v) is 9.24. The molecule has 1 atom stereocenters. The van der Waals surface area contributed by atoms with Gasteiger partial charge in [0.25, 0.3) is 11.7 Å². The summed E-state index contributed by atoms with van der Waals surface area (Å²) in [6.07, 6.45) is 1.46. The summed E-state index contributed by atoms with van der Waals surface area (Å²) in [4.78, 5) is 27.7. The zero-order chi connectivity index (χ0) is 26.4. The van der Waals surface area contributed by atoms with E-state index in [1.165, 1.54) is 10.5 Å². The van der Waals surface area contributed by atoms with E-state index in [2.05, 4.69) is 13.0 Å². The molecule has 192 valence electrons. The average molecular weight is 500 g/mol. The van der Waals surface area contributed by atoms with Crippen LogP contribution in [-0.2, 0) is 27.4 Å². The minimum atomic E-state index is -0.681. The van der Waals surface area contributed by atoms with Gasteiger partial charge in [-0.15, -0.1) is 0 Å². The van der Waals surface area contributed by atoms with Gasteiger partial charge in [-0.1, -0.05) is 61.0 Å². The molecule has 0 aromatic heterocycles. The zero-order valence-corrected chi connectivity index (χ0v) is 21.6. The maximum atomic E-state index is 13.2. The molecule has 3 aromatic carbocycles. The lowest BCUT2D eigenvalue weighted by molar-refractivity contribution is -0.140. The van der Waals surface area contributed by atoms with Gasteiger partial charge in [0.15, 0.2) is 0 Å². The SMILES string of the molecule is CCc1ccc([C@@H]2C(=C(O)c3ccc(OCc4cccc(C)c4)cc3)C(=O)C(=O)N2CCCOC)cc1. The predicted molar refractivity (Wildman–Crippen MR) is 143 cm³/mol. The molecule has 6 heteroatoms. The number of aryl methyl sites for hydroxylation is 2. The molecule has 0 saturated carbocycles. The largest absolute Gasteiger partial charge is 0.507 e. The van der Waals surface area contributed by atoms with Crippen molar-refractivity contribution in [1.82, 2.24) is 4.90 Å². The summed E-state index contributed by atoms with van der Waals surface area (Å²) in [7, 11) is 1.60. The molecule has 3 aromatic rings. The number of methoxy groups -OCH3 is 1. The molecule has 1 aliphatic rings. The number of amides is 1. The molecule has 0 spiro atoms. The van der Waals surface area contributed by atoms with Crippen molar-refractivity contribution >= 4 is 17.4 Å². The Morgan fingerprint density at radius 3 is 2.35 bits per heavy atom. The molecule has 0 bridgehead atoms. The molecule has 6 nitrogen and oxygen atoms in total. The summed E-state index contributed by atoms with van der Waals surface area (Å²) in [6.45, 7) is 5.34. The van der Waals surface area contributed by atoms with Crippen molar-refractivity contribution in [1.29, 1.82) is 0 Å². The number of aliphatic hydroxyl groups is 1. The van der Waals surface area contributed by atoms with Crippen LogP contribution in [0, 0.1) is 6.92 Å². The summed E-state index contributed by atoms with van der Waals surface area (Å²) < 4.78 is 11.0. The maximum Gasteiger partial charge on any atom is 0.295 e. The zero-order valence-electron chi connectivity index (χ0n) is 21.6. The van der Waals surface area contributed by atoms with Crippen LogP contribution < -0.4 is 4.74 Å². The molecular weight excluding hydrogens is 466 g/mol. The maximum absolute atomic E-state index is 13.2. The third-order valence-electron chi connectivity index (χ3n) is 6.61.